The van der Waals surface area contributed by atoms with E-state index in [-0.39, 0.29) is 5.75 Å². The molecule has 1 aliphatic rings. The van der Waals surface area contributed by atoms with Crippen molar-refractivity contribution < 1.29 is 8.42 Å². The molecular weight excluding hydrogens is 412 g/mol. The maximum atomic E-state index is 12.4. The van der Waals surface area contributed by atoms with E-state index in [1.807, 2.05) is 37.6 Å². The van der Waals surface area contributed by atoms with Gasteiger partial charge in [-0.15, -0.1) is 0 Å². The third-order valence-electron chi connectivity index (χ3n) is 5.72. The molecule has 0 radical (unpaired) electrons. The Balaban J connectivity index is 1.73. The Kier molecular flexibility index (Phi) is 5.98. The van der Waals surface area contributed by atoms with Crippen LogP contribution in [0.25, 0.3) is 16.7 Å². The first kappa shape index (κ1) is 21.7. The van der Waals surface area contributed by atoms with E-state index in [1.165, 1.54) is 5.56 Å². The van der Waals surface area contributed by atoms with Crippen LogP contribution in [0.2, 0.25) is 0 Å². The zero-order valence-electron chi connectivity index (χ0n) is 18.7. The second kappa shape index (κ2) is 8.55. The van der Waals surface area contributed by atoms with Crippen LogP contribution in [-0.2, 0) is 16.4 Å². The van der Waals surface area contributed by atoms with E-state index in [4.69, 9.17) is 15.1 Å². The average Bonchev–Trinajstić information content (AvgIpc) is 3.10. The predicted molar refractivity (Wildman–Crippen MR) is 123 cm³/mol. The van der Waals surface area contributed by atoms with Crippen molar-refractivity contribution >= 4 is 26.9 Å². The van der Waals surface area contributed by atoms with Crippen molar-refractivity contribution in [2.45, 2.75) is 40.5 Å². The molecule has 0 spiro atoms. The summed E-state index contributed by atoms with van der Waals surface area (Å²) < 4.78 is 28.4. The monoisotopic (exact) mass is 442 g/mol. The number of anilines is 1. The van der Waals surface area contributed by atoms with Crippen LogP contribution in [-0.4, -0.2) is 64.4 Å². The minimum Gasteiger partial charge on any atom is -0.353 e. The maximum absolute atomic E-state index is 12.4. The third-order valence-corrected chi connectivity index (χ3v) is 7.79. The second-order valence-corrected chi connectivity index (χ2v) is 10.1. The molecule has 2 aromatic heterocycles. The molecular formula is C22H30N6O2S. The summed E-state index contributed by atoms with van der Waals surface area (Å²) in [4.78, 5) is 11.8. The molecule has 0 aliphatic carbocycles. The van der Waals surface area contributed by atoms with Crippen molar-refractivity contribution in [3.63, 3.8) is 0 Å². The second-order valence-electron chi connectivity index (χ2n) is 8.05. The third kappa shape index (κ3) is 4.16. The number of hydrogen-bond acceptors (Lipinski definition) is 6. The lowest BCUT2D eigenvalue weighted by Crippen LogP contribution is -2.49. The van der Waals surface area contributed by atoms with Gasteiger partial charge in [0, 0.05) is 32.6 Å². The number of aryl methyl sites for hydroxylation is 3. The first-order chi connectivity index (χ1) is 14.8. The number of piperazine rings is 1. The number of fused-ring (bicyclic) bond motifs is 1. The molecule has 9 heteroatoms. The van der Waals surface area contributed by atoms with E-state index in [2.05, 4.69) is 24.0 Å². The van der Waals surface area contributed by atoms with Crippen LogP contribution in [0.4, 0.5) is 5.82 Å². The first-order valence-corrected chi connectivity index (χ1v) is 12.5. The Morgan fingerprint density at radius 3 is 2.26 bits per heavy atom. The van der Waals surface area contributed by atoms with Crippen LogP contribution in [0.1, 0.15) is 37.4 Å². The Morgan fingerprint density at radius 2 is 1.65 bits per heavy atom. The summed E-state index contributed by atoms with van der Waals surface area (Å²) in [7, 11) is -3.18. The van der Waals surface area contributed by atoms with E-state index >= 15 is 0 Å². The van der Waals surface area contributed by atoms with Crippen molar-refractivity contribution in [3.8, 4) is 5.69 Å². The lowest BCUT2D eigenvalue weighted by Gasteiger charge is -2.35. The molecule has 1 fully saturated rings. The standard InChI is InChI=1S/C22H30N6O2S/c1-5-15-31(29,30)27-13-11-26(12-14-27)21-20-17(4)25-28(18-9-7-16(3)8-10-18)22(20)24-19(6-2)23-21/h7-10H,5-6,11-15H2,1-4H3. The van der Waals surface area contributed by atoms with Gasteiger partial charge in [0.1, 0.15) is 11.6 Å². The normalized spacial score (nSPS) is 15.7. The van der Waals surface area contributed by atoms with E-state index in [9.17, 15) is 8.42 Å². The highest BCUT2D eigenvalue weighted by atomic mass is 32.2. The Labute approximate surface area is 184 Å². The van der Waals surface area contributed by atoms with Gasteiger partial charge in [-0.2, -0.15) is 9.40 Å². The molecule has 0 atom stereocenters. The summed E-state index contributed by atoms with van der Waals surface area (Å²) in [5.74, 6) is 1.81. The minimum atomic E-state index is -3.18. The molecule has 0 bridgehead atoms. The van der Waals surface area contributed by atoms with Crippen LogP contribution < -0.4 is 4.90 Å². The van der Waals surface area contributed by atoms with Gasteiger partial charge in [-0.05, 0) is 32.4 Å². The SMILES string of the molecule is CCCS(=O)(=O)N1CCN(c2nc(CC)nc3c2c(C)nn3-c2ccc(C)cc2)CC1. The van der Waals surface area contributed by atoms with Gasteiger partial charge in [-0.3, -0.25) is 0 Å². The summed E-state index contributed by atoms with van der Waals surface area (Å²) in [6.07, 6.45) is 1.35. The average molecular weight is 443 g/mol. The molecule has 0 saturated carbocycles. The number of hydrogen-bond donors (Lipinski definition) is 0. The fourth-order valence-electron chi connectivity index (χ4n) is 4.02. The number of benzene rings is 1. The Hall–Kier alpha value is -2.52. The highest BCUT2D eigenvalue weighted by Gasteiger charge is 2.29. The van der Waals surface area contributed by atoms with Crippen molar-refractivity contribution in [2.24, 2.45) is 0 Å². The molecule has 0 N–H and O–H groups in total. The number of rotatable bonds is 6. The summed E-state index contributed by atoms with van der Waals surface area (Å²) in [5.41, 5.74) is 3.82. The van der Waals surface area contributed by atoms with E-state index < -0.39 is 10.0 Å². The van der Waals surface area contributed by atoms with Gasteiger partial charge in [-0.1, -0.05) is 31.5 Å². The summed E-state index contributed by atoms with van der Waals surface area (Å²) in [5, 5.41) is 5.71. The van der Waals surface area contributed by atoms with Crippen molar-refractivity contribution in [2.75, 3.05) is 36.8 Å². The highest BCUT2D eigenvalue weighted by molar-refractivity contribution is 7.89. The van der Waals surface area contributed by atoms with Gasteiger partial charge < -0.3 is 4.90 Å². The zero-order chi connectivity index (χ0) is 22.2. The molecule has 1 aliphatic heterocycles. The molecule has 166 valence electrons. The fourth-order valence-corrected chi connectivity index (χ4v) is 5.52. The van der Waals surface area contributed by atoms with E-state index in [0.29, 0.717) is 39.0 Å². The van der Waals surface area contributed by atoms with Crippen LogP contribution >= 0.6 is 0 Å². The zero-order valence-corrected chi connectivity index (χ0v) is 19.5. The maximum Gasteiger partial charge on any atom is 0.214 e. The van der Waals surface area contributed by atoms with Gasteiger partial charge >= 0.3 is 0 Å². The molecule has 31 heavy (non-hydrogen) atoms. The molecule has 3 heterocycles. The van der Waals surface area contributed by atoms with Crippen LogP contribution in [0.3, 0.4) is 0 Å². The topological polar surface area (TPSA) is 84.2 Å². The summed E-state index contributed by atoms with van der Waals surface area (Å²) in [6.45, 7) is 10.1. The molecule has 3 aromatic rings. The van der Waals surface area contributed by atoms with Crippen LogP contribution in [0.5, 0.6) is 0 Å². The van der Waals surface area contributed by atoms with E-state index in [1.54, 1.807) is 4.31 Å². The molecule has 8 nitrogen and oxygen atoms in total. The fraction of sp³-hybridized carbons (Fsp3) is 0.500. The largest absolute Gasteiger partial charge is 0.353 e. The minimum absolute atomic E-state index is 0.202. The predicted octanol–water partition coefficient (Wildman–Crippen LogP) is 2.86. The van der Waals surface area contributed by atoms with Crippen molar-refractivity contribution in [1.82, 2.24) is 24.1 Å². The quantitative estimate of drug-likeness (QED) is 0.584. The highest BCUT2D eigenvalue weighted by Crippen LogP contribution is 2.30. The summed E-state index contributed by atoms with van der Waals surface area (Å²) in [6, 6.07) is 8.23. The van der Waals surface area contributed by atoms with Gasteiger partial charge in [0.05, 0.1) is 22.5 Å². The number of aromatic nitrogens is 4. The molecule has 4 rings (SSSR count). The number of nitrogens with zero attached hydrogens (tertiary/aromatic N) is 6. The Bertz CT molecular complexity index is 1180. The lowest BCUT2D eigenvalue weighted by atomic mass is 10.2. The Morgan fingerprint density at radius 1 is 0.968 bits per heavy atom. The van der Waals surface area contributed by atoms with Crippen LogP contribution in [0, 0.1) is 13.8 Å². The van der Waals surface area contributed by atoms with Crippen molar-refractivity contribution in [1.29, 1.82) is 0 Å². The first-order valence-electron chi connectivity index (χ1n) is 10.9. The van der Waals surface area contributed by atoms with Crippen molar-refractivity contribution in [3.05, 3.63) is 41.3 Å². The lowest BCUT2D eigenvalue weighted by molar-refractivity contribution is 0.384. The van der Waals surface area contributed by atoms with Gasteiger partial charge in [0.25, 0.3) is 0 Å². The smallest absolute Gasteiger partial charge is 0.214 e. The molecule has 1 aromatic carbocycles. The molecule has 0 unspecified atom stereocenters. The number of sulfonamides is 1. The van der Waals surface area contributed by atoms with Gasteiger partial charge in [-0.25, -0.2) is 23.1 Å². The van der Waals surface area contributed by atoms with Crippen LogP contribution in [0.15, 0.2) is 24.3 Å². The molecule has 0 amide bonds. The molecule has 1 saturated heterocycles. The summed E-state index contributed by atoms with van der Waals surface area (Å²) >= 11 is 0. The van der Waals surface area contributed by atoms with Gasteiger partial charge in [0.15, 0.2) is 5.65 Å². The van der Waals surface area contributed by atoms with Gasteiger partial charge in [0.2, 0.25) is 10.0 Å². The van der Waals surface area contributed by atoms with E-state index in [0.717, 1.165) is 34.1 Å².